The highest BCUT2D eigenvalue weighted by Gasteiger charge is 2.46. The molecular weight excluding hydrogens is 374 g/mol. The number of carbonyl (C=O) groups is 2. The van der Waals surface area contributed by atoms with Crippen LogP contribution in [-0.4, -0.2) is 33.4 Å². The number of Topliss-reactive ketones (excluding diaryl/α,β-unsaturated/α-hetero) is 1. The first-order valence-electron chi connectivity index (χ1n) is 8.96. The number of hydrogen-bond donors (Lipinski definition) is 1. The van der Waals surface area contributed by atoms with E-state index in [0.29, 0.717) is 17.9 Å². The third kappa shape index (κ3) is 3.25. The standard InChI is InChI=1S/C21H17N3O5/c1-2-28-14-8-6-13(7-9-14)17-16(18(25)15-5-3-12-29-15)19(26)20(27)24(17)21-22-10-4-11-23-21/h3-12,17,26H,2H2,1H3. The Morgan fingerprint density at radius 3 is 2.52 bits per heavy atom. The Balaban J connectivity index is 1.83. The van der Waals surface area contributed by atoms with E-state index in [1.54, 1.807) is 36.4 Å². The third-order valence-corrected chi connectivity index (χ3v) is 4.47. The molecule has 29 heavy (non-hydrogen) atoms. The van der Waals surface area contributed by atoms with Crippen LogP contribution in [0.15, 0.2) is 76.9 Å². The number of hydrogen-bond acceptors (Lipinski definition) is 7. The van der Waals surface area contributed by atoms with Gasteiger partial charge in [0.25, 0.3) is 5.91 Å². The second-order valence-electron chi connectivity index (χ2n) is 6.20. The quantitative estimate of drug-likeness (QED) is 0.643. The van der Waals surface area contributed by atoms with Crippen molar-refractivity contribution >= 4 is 17.6 Å². The van der Waals surface area contributed by atoms with Crippen LogP contribution in [0.1, 0.15) is 29.1 Å². The van der Waals surface area contributed by atoms with Gasteiger partial charge in [-0.2, -0.15) is 0 Å². The first-order chi connectivity index (χ1) is 14.1. The molecule has 8 heteroatoms. The highest BCUT2D eigenvalue weighted by molar-refractivity contribution is 6.19. The molecule has 4 rings (SSSR count). The fourth-order valence-electron chi connectivity index (χ4n) is 3.23. The van der Waals surface area contributed by atoms with Gasteiger partial charge >= 0.3 is 0 Å². The number of rotatable bonds is 6. The first kappa shape index (κ1) is 18.4. The summed E-state index contributed by atoms with van der Waals surface area (Å²) in [5.74, 6) is -1.26. The van der Waals surface area contributed by atoms with Gasteiger partial charge in [-0.1, -0.05) is 12.1 Å². The van der Waals surface area contributed by atoms with Crippen molar-refractivity contribution in [1.29, 1.82) is 0 Å². The highest BCUT2D eigenvalue weighted by atomic mass is 16.5. The number of amides is 1. The molecule has 0 radical (unpaired) electrons. The molecule has 1 N–H and O–H groups in total. The molecule has 3 aromatic rings. The Morgan fingerprint density at radius 1 is 1.17 bits per heavy atom. The van der Waals surface area contributed by atoms with Gasteiger partial charge in [0, 0.05) is 12.4 Å². The number of ketones is 1. The molecule has 1 amide bonds. The molecule has 0 saturated carbocycles. The van der Waals surface area contributed by atoms with Gasteiger partial charge in [-0.15, -0.1) is 0 Å². The molecule has 1 unspecified atom stereocenters. The molecule has 0 spiro atoms. The third-order valence-electron chi connectivity index (χ3n) is 4.47. The van der Waals surface area contributed by atoms with Gasteiger partial charge in [0.05, 0.1) is 24.5 Å². The van der Waals surface area contributed by atoms with E-state index in [4.69, 9.17) is 9.15 Å². The summed E-state index contributed by atoms with van der Waals surface area (Å²) < 4.78 is 10.7. The SMILES string of the molecule is CCOc1ccc(C2C(C(=O)c3ccco3)=C(O)C(=O)N2c2ncccn2)cc1. The molecule has 0 saturated heterocycles. The van der Waals surface area contributed by atoms with Crippen LogP contribution in [0.3, 0.4) is 0 Å². The van der Waals surface area contributed by atoms with E-state index in [1.807, 2.05) is 6.92 Å². The number of aliphatic hydroxyl groups is 1. The van der Waals surface area contributed by atoms with Gasteiger partial charge in [0.15, 0.2) is 11.5 Å². The second-order valence-corrected chi connectivity index (χ2v) is 6.20. The largest absolute Gasteiger partial charge is 0.503 e. The Morgan fingerprint density at radius 2 is 1.90 bits per heavy atom. The van der Waals surface area contributed by atoms with E-state index in [2.05, 4.69) is 9.97 Å². The van der Waals surface area contributed by atoms with Crippen molar-refractivity contribution in [2.45, 2.75) is 13.0 Å². The second kappa shape index (κ2) is 7.59. The topological polar surface area (TPSA) is 106 Å². The van der Waals surface area contributed by atoms with Crippen molar-refractivity contribution in [3.8, 4) is 5.75 Å². The molecule has 0 fully saturated rings. The van der Waals surface area contributed by atoms with Gasteiger partial charge in [-0.05, 0) is 42.8 Å². The molecular formula is C21H17N3O5. The minimum Gasteiger partial charge on any atom is -0.503 e. The lowest BCUT2D eigenvalue weighted by atomic mass is 9.95. The number of benzene rings is 1. The van der Waals surface area contributed by atoms with Gasteiger partial charge in [-0.25, -0.2) is 9.97 Å². The van der Waals surface area contributed by atoms with E-state index in [1.165, 1.54) is 29.6 Å². The Kier molecular flexibility index (Phi) is 4.82. The fourth-order valence-corrected chi connectivity index (χ4v) is 3.23. The van der Waals surface area contributed by atoms with E-state index in [9.17, 15) is 14.7 Å². The lowest BCUT2D eigenvalue weighted by Crippen LogP contribution is -2.32. The van der Waals surface area contributed by atoms with Crippen LogP contribution in [0.4, 0.5) is 5.95 Å². The molecule has 2 aromatic heterocycles. The van der Waals surface area contributed by atoms with Crippen LogP contribution in [0, 0.1) is 0 Å². The molecule has 1 atom stereocenters. The van der Waals surface area contributed by atoms with Crippen molar-refractivity contribution in [1.82, 2.24) is 9.97 Å². The van der Waals surface area contributed by atoms with Crippen LogP contribution in [0.25, 0.3) is 0 Å². The lowest BCUT2D eigenvalue weighted by molar-refractivity contribution is -0.117. The van der Waals surface area contributed by atoms with E-state index in [-0.39, 0.29) is 17.3 Å². The minimum atomic E-state index is -0.918. The van der Waals surface area contributed by atoms with Crippen molar-refractivity contribution in [3.63, 3.8) is 0 Å². The summed E-state index contributed by atoms with van der Waals surface area (Å²) in [6.07, 6.45) is 4.31. The minimum absolute atomic E-state index is 0.0196. The predicted octanol–water partition coefficient (Wildman–Crippen LogP) is 3.25. The normalized spacial score (nSPS) is 16.4. The van der Waals surface area contributed by atoms with Crippen molar-refractivity contribution in [2.75, 3.05) is 11.5 Å². The summed E-state index contributed by atoms with van der Waals surface area (Å²) in [5, 5.41) is 10.6. The van der Waals surface area contributed by atoms with Crippen LogP contribution in [0.2, 0.25) is 0 Å². The number of nitrogens with zero attached hydrogens (tertiary/aromatic N) is 3. The summed E-state index contributed by atoms with van der Waals surface area (Å²) in [6.45, 7) is 2.38. The van der Waals surface area contributed by atoms with Crippen LogP contribution < -0.4 is 9.64 Å². The highest BCUT2D eigenvalue weighted by Crippen LogP contribution is 2.41. The molecule has 146 valence electrons. The summed E-state index contributed by atoms with van der Waals surface area (Å²) >= 11 is 0. The zero-order valence-corrected chi connectivity index (χ0v) is 15.5. The predicted molar refractivity (Wildman–Crippen MR) is 103 cm³/mol. The van der Waals surface area contributed by atoms with Crippen molar-refractivity contribution < 1.29 is 23.8 Å². The number of furan rings is 1. The van der Waals surface area contributed by atoms with Gasteiger partial charge in [0.2, 0.25) is 11.7 Å². The number of aliphatic hydroxyl groups excluding tert-OH is 1. The number of ether oxygens (including phenoxy) is 1. The van der Waals surface area contributed by atoms with Crippen molar-refractivity contribution in [2.24, 2.45) is 0 Å². The average molecular weight is 391 g/mol. The molecule has 0 bridgehead atoms. The first-order valence-corrected chi connectivity index (χ1v) is 8.96. The number of aromatic nitrogens is 2. The summed E-state index contributed by atoms with van der Waals surface area (Å²) in [5.41, 5.74) is 0.495. The molecule has 3 heterocycles. The summed E-state index contributed by atoms with van der Waals surface area (Å²) in [4.78, 5) is 35.4. The molecule has 1 aliphatic rings. The Labute approximate surface area is 166 Å². The maximum atomic E-state index is 13.0. The molecule has 8 nitrogen and oxygen atoms in total. The van der Waals surface area contributed by atoms with Crippen LogP contribution in [-0.2, 0) is 4.79 Å². The lowest BCUT2D eigenvalue weighted by Gasteiger charge is -2.24. The molecule has 0 aliphatic carbocycles. The molecule has 1 aromatic carbocycles. The number of anilines is 1. The zero-order valence-electron chi connectivity index (χ0n) is 15.5. The van der Waals surface area contributed by atoms with E-state index < -0.39 is 23.5 Å². The van der Waals surface area contributed by atoms with Gasteiger partial charge in [-0.3, -0.25) is 14.5 Å². The summed E-state index contributed by atoms with van der Waals surface area (Å²) in [7, 11) is 0. The zero-order chi connectivity index (χ0) is 20.4. The van der Waals surface area contributed by atoms with Gasteiger partial charge < -0.3 is 14.3 Å². The summed E-state index contributed by atoms with van der Waals surface area (Å²) in [6, 6.07) is 10.7. The maximum Gasteiger partial charge on any atom is 0.296 e. The van der Waals surface area contributed by atoms with Crippen molar-refractivity contribution in [3.05, 3.63) is 83.8 Å². The Bertz CT molecular complexity index is 1060. The van der Waals surface area contributed by atoms with Gasteiger partial charge in [0.1, 0.15) is 5.75 Å². The van der Waals surface area contributed by atoms with Crippen LogP contribution >= 0.6 is 0 Å². The monoisotopic (exact) mass is 391 g/mol. The van der Waals surface area contributed by atoms with Crippen LogP contribution in [0.5, 0.6) is 5.75 Å². The van der Waals surface area contributed by atoms with E-state index in [0.717, 1.165) is 0 Å². The maximum absolute atomic E-state index is 13.0. The average Bonchev–Trinajstić information content (AvgIpc) is 3.37. The number of carbonyl (C=O) groups excluding carboxylic acids is 2. The molecule has 1 aliphatic heterocycles. The fraction of sp³-hybridized carbons (Fsp3) is 0.143. The smallest absolute Gasteiger partial charge is 0.296 e. The Hall–Kier alpha value is -3.94. The van der Waals surface area contributed by atoms with E-state index >= 15 is 0 Å².